The first kappa shape index (κ1) is 11.1. The van der Waals surface area contributed by atoms with E-state index in [1.54, 1.807) is 6.07 Å². The highest BCUT2D eigenvalue weighted by Gasteiger charge is 2.28. The molecule has 1 fully saturated rings. The second-order valence-electron chi connectivity index (χ2n) is 3.71. The summed E-state index contributed by atoms with van der Waals surface area (Å²) in [6, 6.07) is 3.10. The van der Waals surface area contributed by atoms with Gasteiger partial charge < -0.3 is 0 Å². The minimum atomic E-state index is -0.608. The van der Waals surface area contributed by atoms with E-state index in [1.165, 1.54) is 6.07 Å². The van der Waals surface area contributed by atoms with E-state index in [2.05, 4.69) is 15.9 Å². The van der Waals surface area contributed by atoms with Gasteiger partial charge in [-0.25, -0.2) is 4.39 Å². The first-order valence-corrected chi connectivity index (χ1v) is 5.96. The van der Waals surface area contributed by atoms with Crippen molar-refractivity contribution in [2.45, 2.75) is 19.3 Å². The molecule has 0 radical (unpaired) electrons. The maximum Gasteiger partial charge on any atom is 0.168 e. The Kier molecular flexibility index (Phi) is 3.12. The maximum atomic E-state index is 13.7. The van der Waals surface area contributed by atoms with E-state index in [9.17, 15) is 9.18 Å². The molecule has 0 N–H and O–H groups in total. The Morgan fingerprint density at radius 1 is 1.47 bits per heavy atom. The summed E-state index contributed by atoms with van der Waals surface area (Å²) in [5, 5.41) is -0.0137. The van der Waals surface area contributed by atoms with Crippen molar-refractivity contribution in [3.63, 3.8) is 0 Å². The van der Waals surface area contributed by atoms with Crippen molar-refractivity contribution in [2.75, 3.05) is 0 Å². The third kappa shape index (κ3) is 1.95. The van der Waals surface area contributed by atoms with Gasteiger partial charge in [-0.3, -0.25) is 4.79 Å². The summed E-state index contributed by atoms with van der Waals surface area (Å²) in [6.45, 7) is 0. The predicted octanol–water partition coefficient (Wildman–Crippen LogP) is 4.22. The number of hydrogen-bond donors (Lipinski definition) is 0. The molecule has 0 spiro atoms. The molecule has 0 amide bonds. The van der Waals surface area contributed by atoms with Crippen LogP contribution >= 0.6 is 27.5 Å². The number of benzene rings is 1. The molecule has 0 unspecified atom stereocenters. The number of carbonyl (C=O) groups is 1. The van der Waals surface area contributed by atoms with Crippen molar-refractivity contribution in [3.8, 4) is 0 Å². The molecule has 15 heavy (non-hydrogen) atoms. The van der Waals surface area contributed by atoms with E-state index in [1.807, 2.05) is 0 Å². The fourth-order valence-electron chi connectivity index (χ4n) is 1.61. The van der Waals surface area contributed by atoms with E-state index < -0.39 is 5.82 Å². The number of halogens is 3. The molecule has 80 valence electrons. The molecular formula is C11H9BrClFO. The Morgan fingerprint density at radius 2 is 2.13 bits per heavy atom. The molecule has 1 saturated carbocycles. The number of hydrogen-bond acceptors (Lipinski definition) is 1. The molecule has 1 aliphatic rings. The first-order valence-electron chi connectivity index (χ1n) is 4.79. The molecule has 0 aliphatic heterocycles. The lowest BCUT2D eigenvalue weighted by Crippen LogP contribution is -2.22. The summed E-state index contributed by atoms with van der Waals surface area (Å²) in [5.74, 6) is -0.729. The van der Waals surface area contributed by atoms with Crippen molar-refractivity contribution in [1.82, 2.24) is 0 Å². The molecule has 0 heterocycles. The lowest BCUT2D eigenvalue weighted by atomic mass is 9.80. The van der Waals surface area contributed by atoms with E-state index in [-0.39, 0.29) is 22.3 Å². The molecule has 0 aromatic heterocycles. The maximum absolute atomic E-state index is 13.7. The fourth-order valence-corrected chi connectivity index (χ4v) is 2.08. The minimum Gasteiger partial charge on any atom is -0.294 e. The van der Waals surface area contributed by atoms with E-state index >= 15 is 0 Å². The van der Waals surface area contributed by atoms with Crippen molar-refractivity contribution in [1.29, 1.82) is 0 Å². The minimum absolute atomic E-state index is 0.00302. The second-order valence-corrected chi connectivity index (χ2v) is 4.95. The average Bonchev–Trinajstić information content (AvgIpc) is 2.11. The van der Waals surface area contributed by atoms with Gasteiger partial charge in [0.05, 0.1) is 10.6 Å². The molecule has 1 nitrogen and oxygen atoms in total. The number of carbonyl (C=O) groups excluding carboxylic acids is 1. The summed E-state index contributed by atoms with van der Waals surface area (Å²) < 4.78 is 14.1. The van der Waals surface area contributed by atoms with Crippen LogP contribution in [0.15, 0.2) is 16.6 Å². The Morgan fingerprint density at radius 3 is 2.67 bits per heavy atom. The smallest absolute Gasteiger partial charge is 0.168 e. The van der Waals surface area contributed by atoms with E-state index in [4.69, 9.17) is 11.6 Å². The lowest BCUT2D eigenvalue weighted by molar-refractivity contribution is 0.0851. The van der Waals surface area contributed by atoms with Crippen molar-refractivity contribution in [3.05, 3.63) is 33.0 Å². The molecule has 0 saturated heterocycles. The Labute approximate surface area is 101 Å². The van der Waals surface area contributed by atoms with Crippen LogP contribution < -0.4 is 0 Å². The summed E-state index contributed by atoms with van der Waals surface area (Å²) in [7, 11) is 0. The van der Waals surface area contributed by atoms with Gasteiger partial charge in [0.25, 0.3) is 0 Å². The molecule has 0 bridgehead atoms. The van der Waals surface area contributed by atoms with Gasteiger partial charge in [-0.1, -0.05) is 18.0 Å². The summed E-state index contributed by atoms with van der Waals surface area (Å²) >= 11 is 8.83. The van der Waals surface area contributed by atoms with Crippen LogP contribution in [0.5, 0.6) is 0 Å². The molecule has 4 heteroatoms. The van der Waals surface area contributed by atoms with Crippen LogP contribution in [0.2, 0.25) is 5.02 Å². The van der Waals surface area contributed by atoms with Gasteiger partial charge in [0, 0.05) is 10.4 Å². The van der Waals surface area contributed by atoms with Gasteiger partial charge in [0.2, 0.25) is 0 Å². The third-order valence-corrected chi connectivity index (χ3v) is 4.04. The largest absolute Gasteiger partial charge is 0.294 e. The van der Waals surface area contributed by atoms with Crippen LogP contribution in [0.4, 0.5) is 4.39 Å². The molecule has 1 aliphatic carbocycles. The third-order valence-electron chi connectivity index (χ3n) is 2.78. The summed E-state index contributed by atoms with van der Waals surface area (Å²) in [6.07, 6.45) is 2.79. The standard InChI is InChI=1S/C11H9BrClFO/c12-8-5-4-7(10(14)9(8)13)11(15)6-2-1-3-6/h4-6H,1-3H2. The second kappa shape index (κ2) is 4.22. The zero-order chi connectivity index (χ0) is 11.0. The van der Waals surface area contributed by atoms with Gasteiger partial charge >= 0.3 is 0 Å². The highest BCUT2D eigenvalue weighted by molar-refractivity contribution is 9.10. The monoisotopic (exact) mass is 290 g/mol. The van der Waals surface area contributed by atoms with Gasteiger partial charge in [-0.05, 0) is 40.9 Å². The van der Waals surface area contributed by atoms with Gasteiger partial charge in [-0.15, -0.1) is 0 Å². The van der Waals surface area contributed by atoms with Crippen LogP contribution in [0.25, 0.3) is 0 Å². The van der Waals surface area contributed by atoms with Gasteiger partial charge in [-0.2, -0.15) is 0 Å². The van der Waals surface area contributed by atoms with Crippen molar-refractivity contribution < 1.29 is 9.18 Å². The quantitative estimate of drug-likeness (QED) is 0.589. The van der Waals surface area contributed by atoms with Crippen LogP contribution in [0.1, 0.15) is 29.6 Å². The SMILES string of the molecule is O=C(c1ccc(Br)c(Cl)c1F)C1CCC1. The first-order chi connectivity index (χ1) is 7.11. The Balaban J connectivity index is 2.35. The number of ketones is 1. The van der Waals surface area contributed by atoms with Crippen LogP contribution in [0, 0.1) is 11.7 Å². The van der Waals surface area contributed by atoms with Gasteiger partial charge in [0.1, 0.15) is 0 Å². The van der Waals surface area contributed by atoms with E-state index in [0.717, 1.165) is 19.3 Å². The summed E-state index contributed by atoms with van der Waals surface area (Å²) in [5.41, 5.74) is 0.118. The molecule has 1 aromatic rings. The number of rotatable bonds is 2. The highest BCUT2D eigenvalue weighted by atomic mass is 79.9. The Hall–Kier alpha value is -0.410. The fraction of sp³-hybridized carbons (Fsp3) is 0.364. The Bertz CT molecular complexity index is 415. The van der Waals surface area contributed by atoms with E-state index in [0.29, 0.717) is 4.47 Å². The van der Waals surface area contributed by atoms with Crippen LogP contribution in [0.3, 0.4) is 0 Å². The molecule has 0 atom stereocenters. The van der Waals surface area contributed by atoms with Gasteiger partial charge in [0.15, 0.2) is 11.6 Å². The number of Topliss-reactive ketones (excluding diaryl/α,β-unsaturated/α-hetero) is 1. The normalized spacial score (nSPS) is 16.2. The van der Waals surface area contributed by atoms with Crippen LogP contribution in [-0.4, -0.2) is 5.78 Å². The highest BCUT2D eigenvalue weighted by Crippen LogP contribution is 2.33. The molecular weight excluding hydrogens is 282 g/mol. The topological polar surface area (TPSA) is 17.1 Å². The van der Waals surface area contributed by atoms with Crippen molar-refractivity contribution in [2.24, 2.45) is 5.92 Å². The lowest BCUT2D eigenvalue weighted by Gasteiger charge is -2.24. The zero-order valence-corrected chi connectivity index (χ0v) is 10.2. The van der Waals surface area contributed by atoms with Crippen LogP contribution in [-0.2, 0) is 0 Å². The van der Waals surface area contributed by atoms with Crippen molar-refractivity contribution >= 4 is 33.3 Å². The predicted molar refractivity (Wildman–Crippen MR) is 60.8 cm³/mol. The molecule has 2 rings (SSSR count). The summed E-state index contributed by atoms with van der Waals surface area (Å²) in [4.78, 5) is 11.8. The zero-order valence-electron chi connectivity index (χ0n) is 7.90. The average molecular weight is 292 g/mol. The molecule has 1 aromatic carbocycles.